The highest BCUT2D eigenvalue weighted by Crippen LogP contribution is 2.34. The Hall–Kier alpha value is -2.84. The van der Waals surface area contributed by atoms with Crippen molar-refractivity contribution in [3.05, 3.63) is 77.2 Å². The van der Waals surface area contributed by atoms with Crippen LogP contribution in [0.5, 0.6) is 5.75 Å². The molecule has 0 spiro atoms. The summed E-state index contributed by atoms with van der Waals surface area (Å²) in [5.74, 6) is 0.337. The summed E-state index contributed by atoms with van der Waals surface area (Å²) < 4.78 is 34.5. The molecule has 0 bridgehead atoms. The van der Waals surface area contributed by atoms with Crippen LogP contribution in [0.3, 0.4) is 0 Å². The van der Waals surface area contributed by atoms with E-state index in [2.05, 4.69) is 11.0 Å². The molecule has 0 atom stereocenters. The highest BCUT2D eigenvalue weighted by Gasteiger charge is 2.34. The number of benzene rings is 2. The fraction of sp³-hybridized carbons (Fsp3) is 0.143. The third kappa shape index (κ3) is 4.78. The predicted octanol–water partition coefficient (Wildman–Crippen LogP) is 3.85. The van der Waals surface area contributed by atoms with Crippen LogP contribution >= 0.6 is 11.8 Å². The van der Waals surface area contributed by atoms with Crippen LogP contribution in [-0.2, 0) is 14.8 Å². The average molecular weight is 429 g/mol. The van der Waals surface area contributed by atoms with E-state index in [4.69, 9.17) is 4.74 Å². The van der Waals surface area contributed by atoms with Crippen molar-refractivity contribution in [1.82, 2.24) is 4.90 Å². The molecule has 0 unspecified atom stereocenters. The molecule has 1 amide bonds. The first-order valence-corrected chi connectivity index (χ1v) is 11.0. The normalized spacial score (nSPS) is 17.2. The molecule has 0 saturated carbocycles. The Kier molecular flexibility index (Phi) is 6.24. The lowest BCUT2D eigenvalue weighted by molar-refractivity contribution is -0.121. The summed E-state index contributed by atoms with van der Waals surface area (Å²) in [6, 6.07) is 13.6. The van der Waals surface area contributed by atoms with Gasteiger partial charge in [-0.05, 0) is 54.6 Å². The van der Waals surface area contributed by atoms with Gasteiger partial charge in [0.25, 0.3) is 15.9 Å². The highest BCUT2D eigenvalue weighted by atomic mass is 32.2. The number of amides is 1. The maximum Gasteiger partial charge on any atom is 0.284 e. The van der Waals surface area contributed by atoms with E-state index < -0.39 is 10.0 Å². The predicted molar refractivity (Wildman–Crippen MR) is 116 cm³/mol. The number of sulfonamides is 1. The third-order valence-electron chi connectivity index (χ3n) is 4.11. The van der Waals surface area contributed by atoms with Crippen molar-refractivity contribution >= 4 is 38.9 Å². The van der Waals surface area contributed by atoms with Gasteiger partial charge in [-0.1, -0.05) is 35.9 Å². The van der Waals surface area contributed by atoms with Crippen LogP contribution < -0.4 is 4.74 Å². The Morgan fingerprint density at radius 3 is 2.59 bits per heavy atom. The second-order valence-electron chi connectivity index (χ2n) is 6.25. The Labute approximate surface area is 174 Å². The molecule has 0 aromatic heterocycles. The van der Waals surface area contributed by atoms with Gasteiger partial charge in [-0.15, -0.1) is 11.0 Å². The van der Waals surface area contributed by atoms with Gasteiger partial charge in [-0.25, -0.2) is 0 Å². The lowest BCUT2D eigenvalue weighted by Gasteiger charge is -2.12. The first kappa shape index (κ1) is 20.9. The van der Waals surface area contributed by atoms with Gasteiger partial charge in [-0.3, -0.25) is 9.69 Å². The zero-order chi connectivity index (χ0) is 21.0. The molecule has 8 heteroatoms. The second kappa shape index (κ2) is 8.67. The Balaban J connectivity index is 1.98. The molecule has 3 rings (SSSR count). The molecule has 0 aliphatic carbocycles. The lowest BCUT2D eigenvalue weighted by atomic mass is 10.2. The minimum atomic E-state index is -3.95. The number of nitrogens with zero attached hydrogens (tertiary/aromatic N) is 2. The van der Waals surface area contributed by atoms with E-state index in [1.54, 1.807) is 37.5 Å². The first-order valence-electron chi connectivity index (χ1n) is 8.72. The van der Waals surface area contributed by atoms with Crippen molar-refractivity contribution in [3.63, 3.8) is 0 Å². The van der Waals surface area contributed by atoms with E-state index in [1.165, 1.54) is 23.1 Å². The van der Waals surface area contributed by atoms with E-state index in [0.717, 1.165) is 22.9 Å². The van der Waals surface area contributed by atoms with Gasteiger partial charge in [0, 0.05) is 6.54 Å². The highest BCUT2D eigenvalue weighted by molar-refractivity contribution is 8.19. The summed E-state index contributed by atoms with van der Waals surface area (Å²) in [7, 11) is -2.39. The maximum atomic E-state index is 12.8. The van der Waals surface area contributed by atoms with Crippen LogP contribution in [-0.4, -0.2) is 38.0 Å². The van der Waals surface area contributed by atoms with Gasteiger partial charge < -0.3 is 4.74 Å². The molecule has 2 aromatic carbocycles. The monoisotopic (exact) mass is 428 g/mol. The molecular formula is C21H20N2O4S2. The van der Waals surface area contributed by atoms with Crippen LogP contribution in [0.4, 0.5) is 0 Å². The average Bonchev–Trinajstić information content (AvgIpc) is 2.97. The number of hydrogen-bond acceptors (Lipinski definition) is 5. The number of hydrogen-bond donors (Lipinski definition) is 0. The van der Waals surface area contributed by atoms with Crippen LogP contribution in [0.25, 0.3) is 6.08 Å². The number of carbonyl (C=O) groups is 1. The summed E-state index contributed by atoms with van der Waals surface area (Å²) >= 11 is 1.02. The van der Waals surface area contributed by atoms with Gasteiger partial charge in [0.2, 0.25) is 0 Å². The summed E-state index contributed by atoms with van der Waals surface area (Å²) in [6.45, 7) is 5.67. The summed E-state index contributed by atoms with van der Waals surface area (Å²) in [4.78, 5) is 14.6. The number of amidine groups is 1. The molecule has 2 aromatic rings. The van der Waals surface area contributed by atoms with Crippen molar-refractivity contribution in [1.29, 1.82) is 0 Å². The Morgan fingerprint density at radius 1 is 1.21 bits per heavy atom. The smallest absolute Gasteiger partial charge is 0.284 e. The number of carbonyl (C=O) groups excluding carboxylic acids is 1. The molecule has 1 aliphatic rings. The van der Waals surface area contributed by atoms with E-state index in [1.807, 2.05) is 19.1 Å². The quantitative estimate of drug-likeness (QED) is 0.516. The Morgan fingerprint density at radius 2 is 1.93 bits per heavy atom. The van der Waals surface area contributed by atoms with Crippen LogP contribution in [0, 0.1) is 6.92 Å². The summed E-state index contributed by atoms with van der Waals surface area (Å²) in [6.07, 6.45) is 3.22. The van der Waals surface area contributed by atoms with Crippen LogP contribution in [0.2, 0.25) is 0 Å². The molecule has 1 saturated heterocycles. The number of ether oxygens (including phenoxy) is 1. The molecule has 1 heterocycles. The zero-order valence-electron chi connectivity index (χ0n) is 16.0. The fourth-order valence-corrected chi connectivity index (χ4v) is 4.80. The lowest BCUT2D eigenvalue weighted by Crippen LogP contribution is -2.29. The molecule has 1 fully saturated rings. The van der Waals surface area contributed by atoms with Crippen LogP contribution in [0.1, 0.15) is 11.1 Å². The van der Waals surface area contributed by atoms with Crippen molar-refractivity contribution in [2.24, 2.45) is 4.40 Å². The van der Waals surface area contributed by atoms with Crippen molar-refractivity contribution in [3.8, 4) is 5.75 Å². The van der Waals surface area contributed by atoms with Gasteiger partial charge >= 0.3 is 0 Å². The molecule has 0 N–H and O–H groups in total. The molecule has 0 radical (unpaired) electrons. The minimum Gasteiger partial charge on any atom is -0.497 e. The molecule has 1 aliphatic heterocycles. The minimum absolute atomic E-state index is 0.0763. The molecule has 150 valence electrons. The fourth-order valence-electron chi connectivity index (χ4n) is 2.61. The van der Waals surface area contributed by atoms with E-state index in [9.17, 15) is 13.2 Å². The second-order valence-corrected chi connectivity index (χ2v) is 8.87. The largest absolute Gasteiger partial charge is 0.497 e. The van der Waals surface area contributed by atoms with Crippen LogP contribution in [0.15, 0.2) is 75.4 Å². The summed E-state index contributed by atoms with van der Waals surface area (Å²) in [5, 5.41) is 0.102. The van der Waals surface area contributed by atoms with Gasteiger partial charge in [-0.2, -0.15) is 8.42 Å². The van der Waals surface area contributed by atoms with Gasteiger partial charge in [0.05, 0.1) is 16.9 Å². The molecular weight excluding hydrogens is 408 g/mol. The number of rotatable bonds is 6. The standard InChI is InChI=1S/C21H20N2O4S2/c1-4-12-23-20(24)19(14-16-6-5-7-17(13-16)27-3)28-21(23)22-29(25,26)18-10-8-15(2)9-11-18/h4-11,13-14H,1,12H2,2-3H3/b19-14-,22-21+. The first-order chi connectivity index (χ1) is 13.8. The van der Waals surface area contributed by atoms with Gasteiger partial charge in [0.15, 0.2) is 5.17 Å². The molecule has 29 heavy (non-hydrogen) atoms. The van der Waals surface area contributed by atoms with Crippen molar-refractivity contribution in [2.75, 3.05) is 13.7 Å². The van der Waals surface area contributed by atoms with Gasteiger partial charge in [0.1, 0.15) is 5.75 Å². The summed E-state index contributed by atoms with van der Waals surface area (Å²) in [5.41, 5.74) is 1.71. The Bertz CT molecular complexity index is 1100. The topological polar surface area (TPSA) is 76.0 Å². The third-order valence-corrected chi connectivity index (χ3v) is 6.51. The maximum absolute atomic E-state index is 12.8. The number of aryl methyl sites for hydroxylation is 1. The van der Waals surface area contributed by atoms with E-state index >= 15 is 0 Å². The molecule has 6 nitrogen and oxygen atoms in total. The van der Waals surface area contributed by atoms with Crippen molar-refractivity contribution in [2.45, 2.75) is 11.8 Å². The SMILES string of the molecule is C=CCN1C(=O)/C(=C/c2cccc(OC)c2)S/C1=N/S(=O)(=O)c1ccc(C)cc1. The van der Waals surface area contributed by atoms with Crippen molar-refractivity contribution < 1.29 is 17.9 Å². The zero-order valence-corrected chi connectivity index (χ0v) is 17.7. The van der Waals surface area contributed by atoms with E-state index in [-0.39, 0.29) is 22.5 Å². The number of thioether (sulfide) groups is 1. The van der Waals surface area contributed by atoms with E-state index in [0.29, 0.717) is 10.7 Å². The number of methoxy groups -OCH3 is 1.